The number of ether oxygens (including phenoxy) is 1. The molecule has 0 aliphatic heterocycles. The van der Waals surface area contributed by atoms with Gasteiger partial charge in [0.15, 0.2) is 0 Å². The van der Waals surface area contributed by atoms with Crippen molar-refractivity contribution in [2.45, 2.75) is 38.8 Å². The fourth-order valence-electron chi connectivity index (χ4n) is 1.97. The third-order valence-corrected chi connectivity index (χ3v) is 4.22. The van der Waals surface area contributed by atoms with Crippen molar-refractivity contribution in [2.24, 2.45) is 0 Å². The molecule has 0 amide bonds. The Balaban J connectivity index is 1.62. The number of hydrogen-bond acceptors (Lipinski definition) is 4. The minimum atomic E-state index is 0.732. The van der Waals surface area contributed by atoms with Gasteiger partial charge in [0.05, 0.1) is 12.3 Å². The maximum absolute atomic E-state index is 5.60. The lowest BCUT2D eigenvalue weighted by molar-refractivity contribution is 0.317. The summed E-state index contributed by atoms with van der Waals surface area (Å²) in [5, 5.41) is 6.72. The zero-order chi connectivity index (χ0) is 13.8. The molecule has 0 radical (unpaired) electrons. The van der Waals surface area contributed by atoms with Crippen molar-refractivity contribution in [3.8, 4) is 16.3 Å². The summed E-state index contributed by atoms with van der Waals surface area (Å²) in [4.78, 5) is 4.69. The van der Waals surface area contributed by atoms with Gasteiger partial charge in [-0.05, 0) is 43.5 Å². The Morgan fingerprint density at radius 2 is 2.10 bits per heavy atom. The van der Waals surface area contributed by atoms with Crippen LogP contribution in [-0.2, 0) is 6.54 Å². The molecule has 106 valence electrons. The highest BCUT2D eigenvalue weighted by Gasteiger charge is 2.20. The van der Waals surface area contributed by atoms with Crippen molar-refractivity contribution in [3.05, 3.63) is 35.3 Å². The Labute approximate surface area is 124 Å². The second kappa shape index (κ2) is 6.37. The number of benzene rings is 1. The smallest absolute Gasteiger partial charge is 0.123 e. The largest absolute Gasteiger partial charge is 0.494 e. The molecule has 20 heavy (non-hydrogen) atoms. The number of nitrogens with zero attached hydrogens (tertiary/aromatic N) is 1. The number of hydrogen-bond donors (Lipinski definition) is 1. The molecule has 1 aromatic carbocycles. The first kappa shape index (κ1) is 13.6. The van der Waals surface area contributed by atoms with E-state index >= 15 is 0 Å². The molecule has 0 saturated heterocycles. The summed E-state index contributed by atoms with van der Waals surface area (Å²) in [6, 6.07) is 8.95. The second-order valence-electron chi connectivity index (χ2n) is 5.17. The van der Waals surface area contributed by atoms with Gasteiger partial charge in [0.2, 0.25) is 0 Å². The monoisotopic (exact) mass is 288 g/mol. The van der Waals surface area contributed by atoms with Gasteiger partial charge >= 0.3 is 0 Å². The predicted molar refractivity (Wildman–Crippen MR) is 83.2 cm³/mol. The molecule has 0 spiro atoms. The Morgan fingerprint density at radius 3 is 2.80 bits per heavy atom. The maximum Gasteiger partial charge on any atom is 0.123 e. The standard InChI is InChI=1S/C16H20N2OS/c1-2-9-19-15-7-3-12(4-8-15)16-18-14(11-20-16)10-17-13-5-6-13/h3-4,7-8,11,13,17H,2,5-6,9-10H2,1H3. The summed E-state index contributed by atoms with van der Waals surface area (Å²) < 4.78 is 5.60. The lowest BCUT2D eigenvalue weighted by Gasteiger charge is -2.04. The Hall–Kier alpha value is -1.39. The van der Waals surface area contributed by atoms with Crippen LogP contribution in [0.5, 0.6) is 5.75 Å². The Morgan fingerprint density at radius 1 is 1.30 bits per heavy atom. The zero-order valence-corrected chi connectivity index (χ0v) is 12.6. The first-order valence-corrected chi connectivity index (χ1v) is 8.14. The number of nitrogens with one attached hydrogen (secondary N) is 1. The molecule has 1 N–H and O–H groups in total. The van der Waals surface area contributed by atoms with E-state index in [9.17, 15) is 0 Å². The van der Waals surface area contributed by atoms with E-state index in [2.05, 4.69) is 34.7 Å². The lowest BCUT2D eigenvalue weighted by Crippen LogP contribution is -2.15. The molecule has 1 aliphatic carbocycles. The van der Waals surface area contributed by atoms with Crippen molar-refractivity contribution in [1.82, 2.24) is 10.3 Å². The average molecular weight is 288 g/mol. The van der Waals surface area contributed by atoms with Gasteiger partial charge < -0.3 is 10.1 Å². The van der Waals surface area contributed by atoms with Crippen LogP contribution in [-0.4, -0.2) is 17.6 Å². The summed E-state index contributed by atoms with van der Waals surface area (Å²) in [5.74, 6) is 0.933. The van der Waals surface area contributed by atoms with Gasteiger partial charge in [-0.2, -0.15) is 0 Å². The van der Waals surface area contributed by atoms with Gasteiger partial charge in [-0.1, -0.05) is 6.92 Å². The van der Waals surface area contributed by atoms with Crippen molar-refractivity contribution in [2.75, 3.05) is 6.61 Å². The van der Waals surface area contributed by atoms with Crippen LogP contribution in [0, 0.1) is 0 Å². The Kier molecular flexibility index (Phi) is 4.33. The van der Waals surface area contributed by atoms with E-state index in [4.69, 9.17) is 4.74 Å². The first-order valence-electron chi connectivity index (χ1n) is 7.26. The Bertz CT molecular complexity index is 546. The predicted octanol–water partition coefficient (Wildman–Crippen LogP) is 3.85. The topological polar surface area (TPSA) is 34.1 Å². The van der Waals surface area contributed by atoms with E-state index in [0.717, 1.165) is 47.6 Å². The highest BCUT2D eigenvalue weighted by Crippen LogP contribution is 2.26. The number of thiazole rings is 1. The van der Waals surface area contributed by atoms with Crippen LogP contribution >= 0.6 is 11.3 Å². The fourth-order valence-corrected chi connectivity index (χ4v) is 2.80. The molecule has 0 bridgehead atoms. The molecular formula is C16H20N2OS. The van der Waals surface area contributed by atoms with Crippen LogP contribution in [0.1, 0.15) is 31.9 Å². The van der Waals surface area contributed by atoms with E-state index in [1.165, 1.54) is 12.8 Å². The third kappa shape index (κ3) is 3.58. The van der Waals surface area contributed by atoms with Crippen LogP contribution in [0.15, 0.2) is 29.6 Å². The van der Waals surface area contributed by atoms with Crippen LogP contribution in [0.4, 0.5) is 0 Å². The molecule has 0 unspecified atom stereocenters. The molecule has 4 heteroatoms. The fraction of sp³-hybridized carbons (Fsp3) is 0.438. The third-order valence-electron chi connectivity index (χ3n) is 3.28. The molecule has 1 aromatic heterocycles. The highest BCUT2D eigenvalue weighted by atomic mass is 32.1. The molecule has 1 saturated carbocycles. The van der Waals surface area contributed by atoms with Crippen molar-refractivity contribution < 1.29 is 4.74 Å². The van der Waals surface area contributed by atoms with Crippen molar-refractivity contribution >= 4 is 11.3 Å². The van der Waals surface area contributed by atoms with Gasteiger partial charge in [0.1, 0.15) is 10.8 Å². The first-order chi connectivity index (χ1) is 9.85. The second-order valence-corrected chi connectivity index (χ2v) is 6.03. The van der Waals surface area contributed by atoms with Gasteiger partial charge in [0.25, 0.3) is 0 Å². The van der Waals surface area contributed by atoms with Crippen molar-refractivity contribution in [3.63, 3.8) is 0 Å². The average Bonchev–Trinajstić information content (AvgIpc) is 3.20. The summed E-state index contributed by atoms with van der Waals surface area (Å²) in [6.07, 6.45) is 3.66. The van der Waals surface area contributed by atoms with Crippen LogP contribution in [0.3, 0.4) is 0 Å². The van der Waals surface area contributed by atoms with Crippen LogP contribution in [0.2, 0.25) is 0 Å². The van der Waals surface area contributed by atoms with E-state index in [1.807, 2.05) is 12.1 Å². The van der Waals surface area contributed by atoms with Crippen molar-refractivity contribution in [1.29, 1.82) is 0 Å². The minimum absolute atomic E-state index is 0.732. The maximum atomic E-state index is 5.60. The normalized spacial score (nSPS) is 14.4. The summed E-state index contributed by atoms with van der Waals surface area (Å²) in [6.45, 7) is 3.77. The molecule has 1 fully saturated rings. The zero-order valence-electron chi connectivity index (χ0n) is 11.8. The van der Waals surface area contributed by atoms with E-state index < -0.39 is 0 Å². The van der Waals surface area contributed by atoms with Crippen LogP contribution < -0.4 is 10.1 Å². The van der Waals surface area contributed by atoms with Gasteiger partial charge in [-0.25, -0.2) is 4.98 Å². The quantitative estimate of drug-likeness (QED) is 0.840. The number of aromatic nitrogens is 1. The van der Waals surface area contributed by atoms with E-state index in [-0.39, 0.29) is 0 Å². The number of rotatable bonds is 7. The highest BCUT2D eigenvalue weighted by molar-refractivity contribution is 7.13. The summed E-state index contributed by atoms with van der Waals surface area (Å²) in [7, 11) is 0. The SMILES string of the molecule is CCCOc1ccc(-c2nc(CNC3CC3)cs2)cc1. The molecule has 1 heterocycles. The van der Waals surface area contributed by atoms with E-state index in [1.54, 1.807) is 11.3 Å². The molecule has 3 rings (SSSR count). The van der Waals surface area contributed by atoms with Gasteiger partial charge in [-0.15, -0.1) is 11.3 Å². The van der Waals surface area contributed by atoms with E-state index in [0.29, 0.717) is 0 Å². The van der Waals surface area contributed by atoms with Crippen LogP contribution in [0.25, 0.3) is 10.6 Å². The molecule has 0 atom stereocenters. The van der Waals surface area contributed by atoms with Gasteiger partial charge in [-0.3, -0.25) is 0 Å². The summed E-state index contributed by atoms with van der Waals surface area (Å²) in [5.41, 5.74) is 2.31. The minimum Gasteiger partial charge on any atom is -0.494 e. The molecular weight excluding hydrogens is 268 g/mol. The van der Waals surface area contributed by atoms with Gasteiger partial charge in [0, 0.05) is 23.5 Å². The molecule has 1 aliphatic rings. The lowest BCUT2D eigenvalue weighted by atomic mass is 10.2. The molecule has 2 aromatic rings. The molecule has 3 nitrogen and oxygen atoms in total. The summed E-state index contributed by atoms with van der Waals surface area (Å²) >= 11 is 1.71.